The van der Waals surface area contributed by atoms with Crippen LogP contribution in [0, 0.1) is 0 Å². The summed E-state index contributed by atoms with van der Waals surface area (Å²) in [6.07, 6.45) is -0.276. The molecule has 7 nitrogen and oxygen atoms in total. The van der Waals surface area contributed by atoms with E-state index in [4.69, 9.17) is 14.2 Å². The Morgan fingerprint density at radius 2 is 1.83 bits per heavy atom. The molecule has 0 aromatic heterocycles. The molecule has 2 amide bonds. The van der Waals surface area contributed by atoms with Gasteiger partial charge in [-0.3, -0.25) is 9.59 Å². The van der Waals surface area contributed by atoms with E-state index in [2.05, 4.69) is 0 Å². The Labute approximate surface area is 177 Å². The highest BCUT2D eigenvalue weighted by Crippen LogP contribution is 2.21. The molecule has 160 valence electrons. The number of hydrogen-bond donors (Lipinski definition) is 0. The topological polar surface area (TPSA) is 68.3 Å². The molecule has 30 heavy (non-hydrogen) atoms. The molecule has 2 aromatic rings. The maximum absolute atomic E-state index is 13.0. The standard InChI is InChI=1S/C23H28N2O5/c1-28-14-12-24(22(26)18-8-4-3-5-9-18)16-19-17-25(13-15-30-19)23(27)20-10-6-7-11-21(20)29-2/h3-11,19H,12-17H2,1-2H3. The molecule has 1 atom stereocenters. The third-order valence-electron chi connectivity index (χ3n) is 5.06. The summed E-state index contributed by atoms with van der Waals surface area (Å²) in [5.74, 6) is 0.370. The first-order valence-corrected chi connectivity index (χ1v) is 10.0. The fraction of sp³-hybridized carbons (Fsp3) is 0.391. The van der Waals surface area contributed by atoms with Crippen LogP contribution in [0.5, 0.6) is 5.75 Å². The minimum atomic E-state index is -0.276. The summed E-state index contributed by atoms with van der Waals surface area (Å²) in [4.78, 5) is 29.5. The summed E-state index contributed by atoms with van der Waals surface area (Å²) in [7, 11) is 3.16. The first kappa shape index (κ1) is 21.8. The Hall–Kier alpha value is -2.90. The highest BCUT2D eigenvalue weighted by molar-refractivity contribution is 5.97. The maximum atomic E-state index is 13.0. The minimum absolute atomic E-state index is 0.0792. The molecule has 2 aromatic carbocycles. The van der Waals surface area contributed by atoms with Gasteiger partial charge in [-0.25, -0.2) is 0 Å². The molecule has 7 heteroatoms. The van der Waals surface area contributed by atoms with E-state index in [1.165, 1.54) is 0 Å². The van der Waals surface area contributed by atoms with Crippen molar-refractivity contribution in [3.63, 3.8) is 0 Å². The molecular weight excluding hydrogens is 384 g/mol. The quantitative estimate of drug-likeness (QED) is 0.666. The third kappa shape index (κ3) is 5.37. The number of nitrogens with zero attached hydrogens (tertiary/aromatic N) is 2. The molecule has 1 unspecified atom stereocenters. The molecule has 3 rings (SSSR count). The number of ether oxygens (including phenoxy) is 3. The number of amides is 2. The fourth-order valence-electron chi connectivity index (χ4n) is 3.49. The Bertz CT molecular complexity index is 842. The lowest BCUT2D eigenvalue weighted by atomic mass is 10.1. The van der Waals surface area contributed by atoms with Crippen LogP contribution in [0.4, 0.5) is 0 Å². The second-order valence-corrected chi connectivity index (χ2v) is 7.05. The van der Waals surface area contributed by atoms with E-state index < -0.39 is 0 Å². The average Bonchev–Trinajstić information content (AvgIpc) is 2.81. The van der Waals surface area contributed by atoms with Crippen LogP contribution in [0.3, 0.4) is 0 Å². The number of benzene rings is 2. The summed E-state index contributed by atoms with van der Waals surface area (Å²) in [5, 5.41) is 0. The van der Waals surface area contributed by atoms with Gasteiger partial charge >= 0.3 is 0 Å². The number of hydrogen-bond acceptors (Lipinski definition) is 5. The van der Waals surface area contributed by atoms with Crippen molar-refractivity contribution in [3.05, 3.63) is 65.7 Å². The first-order chi connectivity index (χ1) is 14.6. The average molecular weight is 412 g/mol. The number of carbonyl (C=O) groups excluding carboxylic acids is 2. The molecular formula is C23H28N2O5. The lowest BCUT2D eigenvalue weighted by molar-refractivity contribution is -0.0347. The molecule has 1 aliphatic rings. The molecule has 0 bridgehead atoms. The van der Waals surface area contributed by atoms with E-state index in [1.54, 1.807) is 48.3 Å². The lowest BCUT2D eigenvalue weighted by Crippen LogP contribution is -2.51. The van der Waals surface area contributed by atoms with E-state index in [-0.39, 0.29) is 17.9 Å². The summed E-state index contributed by atoms with van der Waals surface area (Å²) in [6.45, 7) is 2.58. The molecule has 1 fully saturated rings. The third-order valence-corrected chi connectivity index (χ3v) is 5.06. The van der Waals surface area contributed by atoms with Gasteiger partial charge in [0.1, 0.15) is 5.75 Å². The van der Waals surface area contributed by atoms with Crippen molar-refractivity contribution in [2.45, 2.75) is 6.10 Å². The highest BCUT2D eigenvalue weighted by atomic mass is 16.5. The Morgan fingerprint density at radius 3 is 2.57 bits per heavy atom. The Balaban J connectivity index is 1.69. The van der Waals surface area contributed by atoms with Crippen LogP contribution in [0.2, 0.25) is 0 Å². The van der Waals surface area contributed by atoms with Gasteiger partial charge in [-0.2, -0.15) is 0 Å². The number of carbonyl (C=O) groups is 2. The largest absolute Gasteiger partial charge is 0.496 e. The zero-order valence-electron chi connectivity index (χ0n) is 17.5. The monoisotopic (exact) mass is 412 g/mol. The molecule has 0 aliphatic carbocycles. The second kappa shape index (κ2) is 10.8. The molecule has 0 saturated carbocycles. The van der Waals surface area contributed by atoms with E-state index in [0.29, 0.717) is 56.3 Å². The number of rotatable bonds is 8. The molecule has 0 radical (unpaired) electrons. The minimum Gasteiger partial charge on any atom is -0.496 e. The Kier molecular flexibility index (Phi) is 7.82. The fourth-order valence-corrected chi connectivity index (χ4v) is 3.49. The normalized spacial score (nSPS) is 16.2. The number of methoxy groups -OCH3 is 2. The predicted octanol–water partition coefficient (Wildman–Crippen LogP) is 2.32. The van der Waals surface area contributed by atoms with Crippen molar-refractivity contribution in [3.8, 4) is 5.75 Å². The van der Waals surface area contributed by atoms with Crippen LogP contribution in [-0.2, 0) is 9.47 Å². The highest BCUT2D eigenvalue weighted by Gasteiger charge is 2.29. The van der Waals surface area contributed by atoms with E-state index in [0.717, 1.165) is 0 Å². The van der Waals surface area contributed by atoms with Crippen LogP contribution in [0.1, 0.15) is 20.7 Å². The molecule has 1 heterocycles. The predicted molar refractivity (Wildman–Crippen MR) is 113 cm³/mol. The van der Waals surface area contributed by atoms with Crippen LogP contribution in [0.25, 0.3) is 0 Å². The van der Waals surface area contributed by atoms with Crippen molar-refractivity contribution in [1.82, 2.24) is 9.80 Å². The van der Waals surface area contributed by atoms with Gasteiger partial charge in [0.15, 0.2) is 0 Å². The maximum Gasteiger partial charge on any atom is 0.257 e. The van der Waals surface area contributed by atoms with E-state index >= 15 is 0 Å². The summed E-state index contributed by atoms with van der Waals surface area (Å²) in [5.41, 5.74) is 1.14. The number of morpholine rings is 1. The van der Waals surface area contributed by atoms with Gasteiger partial charge in [-0.15, -0.1) is 0 Å². The van der Waals surface area contributed by atoms with Gasteiger partial charge in [0.25, 0.3) is 11.8 Å². The summed E-state index contributed by atoms with van der Waals surface area (Å²) in [6, 6.07) is 16.3. The van der Waals surface area contributed by atoms with Crippen LogP contribution < -0.4 is 4.74 Å². The van der Waals surface area contributed by atoms with Crippen molar-refractivity contribution in [2.75, 3.05) is 53.6 Å². The van der Waals surface area contributed by atoms with Gasteiger partial charge in [-0.05, 0) is 24.3 Å². The summed E-state index contributed by atoms with van der Waals surface area (Å²) < 4.78 is 16.4. The zero-order valence-corrected chi connectivity index (χ0v) is 17.5. The van der Waals surface area contributed by atoms with Gasteiger partial charge in [-0.1, -0.05) is 30.3 Å². The molecule has 0 spiro atoms. The SMILES string of the molecule is COCCN(CC1CN(C(=O)c2ccccc2OC)CCO1)C(=O)c1ccccc1. The van der Waals surface area contributed by atoms with Crippen molar-refractivity contribution >= 4 is 11.8 Å². The van der Waals surface area contributed by atoms with Crippen LogP contribution in [-0.4, -0.2) is 81.3 Å². The van der Waals surface area contributed by atoms with Crippen molar-refractivity contribution in [1.29, 1.82) is 0 Å². The van der Waals surface area contributed by atoms with Crippen molar-refractivity contribution in [2.24, 2.45) is 0 Å². The van der Waals surface area contributed by atoms with Gasteiger partial charge in [0, 0.05) is 38.9 Å². The zero-order chi connectivity index (χ0) is 21.3. The van der Waals surface area contributed by atoms with Gasteiger partial charge < -0.3 is 24.0 Å². The van der Waals surface area contributed by atoms with Gasteiger partial charge in [0.05, 0.1) is 32.0 Å². The number of para-hydroxylation sites is 1. The smallest absolute Gasteiger partial charge is 0.257 e. The lowest BCUT2D eigenvalue weighted by Gasteiger charge is -2.36. The van der Waals surface area contributed by atoms with Gasteiger partial charge in [0.2, 0.25) is 0 Å². The molecule has 1 saturated heterocycles. The second-order valence-electron chi connectivity index (χ2n) is 7.05. The molecule has 0 N–H and O–H groups in total. The molecule has 1 aliphatic heterocycles. The van der Waals surface area contributed by atoms with Crippen LogP contribution >= 0.6 is 0 Å². The Morgan fingerprint density at radius 1 is 1.10 bits per heavy atom. The van der Waals surface area contributed by atoms with Crippen LogP contribution in [0.15, 0.2) is 54.6 Å². The summed E-state index contributed by atoms with van der Waals surface area (Å²) >= 11 is 0. The van der Waals surface area contributed by atoms with E-state index in [1.807, 2.05) is 30.3 Å². The first-order valence-electron chi connectivity index (χ1n) is 10.0. The van der Waals surface area contributed by atoms with Crippen molar-refractivity contribution < 1.29 is 23.8 Å². The van der Waals surface area contributed by atoms with E-state index in [9.17, 15) is 9.59 Å².